The Labute approximate surface area is 132 Å². The van der Waals surface area contributed by atoms with Crippen molar-refractivity contribution in [2.75, 3.05) is 6.54 Å². The lowest BCUT2D eigenvalue weighted by Gasteiger charge is -2.15. The molecule has 3 N–H and O–H groups in total. The summed E-state index contributed by atoms with van der Waals surface area (Å²) in [6, 6.07) is 4.85. The van der Waals surface area contributed by atoms with Crippen LogP contribution in [0.4, 0.5) is 0 Å². The van der Waals surface area contributed by atoms with Gasteiger partial charge in [0.25, 0.3) is 0 Å². The van der Waals surface area contributed by atoms with Crippen LogP contribution in [0.1, 0.15) is 43.7 Å². The Hall–Kier alpha value is -0.980. The molecule has 6 heteroatoms. The molecule has 4 nitrogen and oxygen atoms in total. The summed E-state index contributed by atoms with van der Waals surface area (Å²) < 4.78 is 27.5. The summed E-state index contributed by atoms with van der Waals surface area (Å²) >= 11 is 4.94. The first-order valence-corrected chi connectivity index (χ1v) is 9.09. The lowest BCUT2D eigenvalue weighted by Crippen LogP contribution is -2.30. The van der Waals surface area contributed by atoms with Gasteiger partial charge in [0.2, 0.25) is 10.0 Å². The van der Waals surface area contributed by atoms with Crippen LogP contribution in [-0.4, -0.2) is 20.0 Å². The Kier molecular flexibility index (Phi) is 4.70. The minimum absolute atomic E-state index is 0.190. The minimum atomic E-state index is -3.47. The third kappa shape index (κ3) is 3.81. The van der Waals surface area contributed by atoms with Gasteiger partial charge < -0.3 is 5.73 Å². The predicted molar refractivity (Wildman–Crippen MR) is 88.8 cm³/mol. The standard InChI is InChI=1S/C15H22N2O2S2/c1-3-6-15(7-8-15)10-17-21(18,19)12-4-5-13(14(16)20)11(2)9-12/h4-5,9,17H,3,6-8,10H2,1-2H3,(H2,16,20). The molecule has 0 heterocycles. The molecule has 0 spiro atoms. The summed E-state index contributed by atoms with van der Waals surface area (Å²) in [4.78, 5) is 0.552. The molecule has 1 aliphatic carbocycles. The highest BCUT2D eigenvalue weighted by atomic mass is 32.2. The molecule has 0 bridgehead atoms. The largest absolute Gasteiger partial charge is 0.389 e. The van der Waals surface area contributed by atoms with Gasteiger partial charge in [-0.1, -0.05) is 31.6 Å². The maximum Gasteiger partial charge on any atom is 0.240 e. The molecule has 0 amide bonds. The Morgan fingerprint density at radius 3 is 2.57 bits per heavy atom. The van der Waals surface area contributed by atoms with Gasteiger partial charge >= 0.3 is 0 Å². The van der Waals surface area contributed by atoms with Crippen LogP contribution in [0.2, 0.25) is 0 Å². The monoisotopic (exact) mass is 326 g/mol. The van der Waals surface area contributed by atoms with Crippen LogP contribution in [0.5, 0.6) is 0 Å². The summed E-state index contributed by atoms with van der Waals surface area (Å²) in [5.74, 6) is 0. The van der Waals surface area contributed by atoms with Crippen molar-refractivity contribution in [2.45, 2.75) is 44.4 Å². The maximum atomic E-state index is 12.4. The number of benzene rings is 1. The van der Waals surface area contributed by atoms with Crippen molar-refractivity contribution in [3.63, 3.8) is 0 Å². The van der Waals surface area contributed by atoms with E-state index in [2.05, 4.69) is 11.6 Å². The van der Waals surface area contributed by atoms with Gasteiger partial charge in [-0.15, -0.1) is 0 Å². The predicted octanol–water partition coefficient (Wildman–Crippen LogP) is 2.49. The second-order valence-corrected chi connectivity index (χ2v) is 8.12. The summed E-state index contributed by atoms with van der Waals surface area (Å²) in [7, 11) is -3.47. The van der Waals surface area contributed by atoms with E-state index < -0.39 is 10.0 Å². The summed E-state index contributed by atoms with van der Waals surface area (Å²) in [5.41, 5.74) is 7.28. The summed E-state index contributed by atoms with van der Waals surface area (Å²) in [5, 5.41) is 0. The molecule has 21 heavy (non-hydrogen) atoms. The molecule has 1 aromatic carbocycles. The van der Waals surface area contributed by atoms with Crippen molar-refractivity contribution in [3.05, 3.63) is 29.3 Å². The van der Waals surface area contributed by atoms with Crippen LogP contribution in [0.15, 0.2) is 23.1 Å². The highest BCUT2D eigenvalue weighted by Gasteiger charge is 2.42. The van der Waals surface area contributed by atoms with E-state index in [-0.39, 0.29) is 15.3 Å². The van der Waals surface area contributed by atoms with Gasteiger partial charge in [-0.2, -0.15) is 0 Å². The highest BCUT2D eigenvalue weighted by molar-refractivity contribution is 7.89. The van der Waals surface area contributed by atoms with Crippen molar-refractivity contribution in [1.29, 1.82) is 0 Å². The smallest absolute Gasteiger partial charge is 0.240 e. The van der Waals surface area contributed by atoms with E-state index in [1.165, 1.54) is 0 Å². The Balaban J connectivity index is 2.13. The first-order valence-electron chi connectivity index (χ1n) is 7.20. The van der Waals surface area contributed by atoms with Crippen molar-refractivity contribution in [3.8, 4) is 0 Å². The molecule has 116 valence electrons. The van der Waals surface area contributed by atoms with Crippen LogP contribution in [0, 0.1) is 12.3 Å². The topological polar surface area (TPSA) is 72.2 Å². The zero-order chi connectivity index (χ0) is 15.7. The van der Waals surface area contributed by atoms with Gasteiger partial charge in [-0.05, 0) is 49.3 Å². The van der Waals surface area contributed by atoms with Crippen LogP contribution in [-0.2, 0) is 10.0 Å². The molecule has 0 aliphatic heterocycles. The Morgan fingerprint density at radius 1 is 1.43 bits per heavy atom. The number of thiocarbonyl (C=S) groups is 1. The third-order valence-corrected chi connectivity index (χ3v) is 5.77. The fourth-order valence-electron chi connectivity index (χ4n) is 2.63. The number of nitrogens with one attached hydrogen (secondary N) is 1. The van der Waals surface area contributed by atoms with Crippen LogP contribution >= 0.6 is 12.2 Å². The molecule has 2 rings (SSSR count). The average Bonchev–Trinajstić information content (AvgIpc) is 3.17. The second-order valence-electron chi connectivity index (χ2n) is 5.92. The molecule has 0 atom stereocenters. The van der Waals surface area contributed by atoms with Crippen LogP contribution < -0.4 is 10.5 Å². The van der Waals surface area contributed by atoms with Crippen molar-refractivity contribution >= 4 is 27.2 Å². The Morgan fingerprint density at radius 2 is 2.10 bits per heavy atom. The van der Waals surface area contributed by atoms with Crippen molar-refractivity contribution in [1.82, 2.24) is 4.72 Å². The molecular weight excluding hydrogens is 304 g/mol. The van der Waals surface area contributed by atoms with Gasteiger partial charge in [-0.25, -0.2) is 13.1 Å². The van der Waals surface area contributed by atoms with Gasteiger partial charge in [0.1, 0.15) is 4.99 Å². The number of hydrogen-bond acceptors (Lipinski definition) is 3. The molecule has 0 aromatic heterocycles. The minimum Gasteiger partial charge on any atom is -0.389 e. The highest BCUT2D eigenvalue weighted by Crippen LogP contribution is 2.49. The number of aryl methyl sites for hydroxylation is 1. The Bertz CT molecular complexity index is 650. The number of sulfonamides is 1. The number of rotatable bonds is 7. The van der Waals surface area contributed by atoms with Crippen LogP contribution in [0.25, 0.3) is 0 Å². The van der Waals surface area contributed by atoms with E-state index >= 15 is 0 Å². The zero-order valence-corrected chi connectivity index (χ0v) is 14.1. The van der Waals surface area contributed by atoms with Crippen molar-refractivity contribution < 1.29 is 8.42 Å². The average molecular weight is 326 g/mol. The second kappa shape index (κ2) is 6.02. The summed E-state index contributed by atoms with van der Waals surface area (Å²) in [6.07, 6.45) is 4.39. The van der Waals surface area contributed by atoms with Gasteiger partial charge in [0.05, 0.1) is 4.90 Å². The maximum absolute atomic E-state index is 12.4. The SMILES string of the molecule is CCCC1(CNS(=O)(=O)c2ccc(C(N)=S)c(C)c2)CC1. The van der Waals surface area contributed by atoms with Crippen LogP contribution in [0.3, 0.4) is 0 Å². The quantitative estimate of drug-likeness (QED) is 0.755. The lowest BCUT2D eigenvalue weighted by molar-refractivity contribution is 0.449. The zero-order valence-electron chi connectivity index (χ0n) is 12.5. The van der Waals surface area contributed by atoms with Gasteiger partial charge in [-0.3, -0.25) is 0 Å². The van der Waals surface area contributed by atoms with E-state index in [0.29, 0.717) is 12.1 Å². The molecule has 0 radical (unpaired) electrons. The lowest BCUT2D eigenvalue weighted by atomic mass is 10.0. The number of nitrogens with two attached hydrogens (primary N) is 1. The summed E-state index contributed by atoms with van der Waals surface area (Å²) in [6.45, 7) is 4.47. The fraction of sp³-hybridized carbons (Fsp3) is 0.533. The molecule has 0 unspecified atom stereocenters. The molecule has 0 saturated heterocycles. The molecule has 1 aliphatic rings. The molecule has 1 saturated carbocycles. The third-order valence-electron chi connectivity index (χ3n) is 4.15. The van der Waals surface area contributed by atoms with Gasteiger partial charge in [0, 0.05) is 12.1 Å². The number of hydrogen-bond donors (Lipinski definition) is 2. The van der Waals surface area contributed by atoms with Crippen molar-refractivity contribution in [2.24, 2.45) is 11.1 Å². The van der Waals surface area contributed by atoms with E-state index in [9.17, 15) is 8.42 Å². The van der Waals surface area contributed by atoms with E-state index in [4.69, 9.17) is 18.0 Å². The molecule has 1 aromatic rings. The van der Waals surface area contributed by atoms with E-state index in [1.807, 2.05) is 6.92 Å². The molecule has 1 fully saturated rings. The van der Waals surface area contributed by atoms with E-state index in [0.717, 1.165) is 31.2 Å². The fourth-order valence-corrected chi connectivity index (χ4v) is 4.10. The van der Waals surface area contributed by atoms with Gasteiger partial charge in [0.15, 0.2) is 0 Å². The first kappa shape index (κ1) is 16.4. The van der Waals surface area contributed by atoms with E-state index in [1.54, 1.807) is 18.2 Å². The molecular formula is C15H22N2O2S2. The normalized spacial score (nSPS) is 16.7. The first-order chi connectivity index (χ1) is 9.80.